The SMILES string of the molecule is CCN=C(NC1C2CCOC2C1(C)C)N1CCc2ccccc21. The third kappa shape index (κ3) is 2.26. The summed E-state index contributed by atoms with van der Waals surface area (Å²) >= 11 is 0. The van der Waals surface area contributed by atoms with E-state index in [1.165, 1.54) is 17.7 Å². The number of para-hydroxylation sites is 1. The fourth-order valence-electron chi connectivity index (χ4n) is 4.67. The molecule has 0 aromatic heterocycles. The topological polar surface area (TPSA) is 36.9 Å². The van der Waals surface area contributed by atoms with E-state index in [0.717, 1.165) is 32.1 Å². The lowest BCUT2D eigenvalue weighted by molar-refractivity contribution is -0.106. The van der Waals surface area contributed by atoms with Crippen LogP contribution in [-0.4, -0.2) is 37.8 Å². The van der Waals surface area contributed by atoms with Gasteiger partial charge in [0.2, 0.25) is 0 Å². The Kier molecular flexibility index (Phi) is 3.60. The molecule has 1 N–H and O–H groups in total. The summed E-state index contributed by atoms with van der Waals surface area (Å²) in [5.41, 5.74) is 2.91. The van der Waals surface area contributed by atoms with E-state index >= 15 is 0 Å². The Balaban J connectivity index is 1.57. The molecule has 3 unspecified atom stereocenters. The maximum atomic E-state index is 5.93. The van der Waals surface area contributed by atoms with E-state index in [2.05, 4.69) is 55.3 Å². The predicted octanol–water partition coefficient (Wildman–Crippen LogP) is 2.83. The van der Waals surface area contributed by atoms with E-state index < -0.39 is 0 Å². The van der Waals surface area contributed by atoms with Crippen LogP contribution in [0.3, 0.4) is 0 Å². The standard InChI is InChI=1S/C19H27N3O/c1-4-20-18(22-11-9-13-7-5-6-8-15(13)22)21-16-14-10-12-23-17(14)19(16,2)3/h5-8,14,16-17H,4,9-12H2,1-3H3,(H,20,21). The summed E-state index contributed by atoms with van der Waals surface area (Å²) in [5.74, 6) is 1.67. The minimum Gasteiger partial charge on any atom is -0.377 e. The van der Waals surface area contributed by atoms with Gasteiger partial charge in [-0.15, -0.1) is 0 Å². The van der Waals surface area contributed by atoms with Crippen molar-refractivity contribution in [3.8, 4) is 0 Å². The van der Waals surface area contributed by atoms with Crippen LogP contribution in [0.15, 0.2) is 29.3 Å². The minimum atomic E-state index is 0.176. The number of hydrogen-bond acceptors (Lipinski definition) is 2. The molecule has 4 heteroatoms. The van der Waals surface area contributed by atoms with Gasteiger partial charge in [0.1, 0.15) is 0 Å². The molecule has 1 aromatic carbocycles. The van der Waals surface area contributed by atoms with Crippen molar-refractivity contribution >= 4 is 11.6 Å². The first-order chi connectivity index (χ1) is 11.1. The largest absolute Gasteiger partial charge is 0.377 e. The summed E-state index contributed by atoms with van der Waals surface area (Å²) in [6.07, 6.45) is 2.68. The molecule has 0 amide bonds. The molecule has 0 spiro atoms. The van der Waals surface area contributed by atoms with Gasteiger partial charge in [0, 0.05) is 42.8 Å². The molecule has 1 aliphatic carbocycles. The number of nitrogens with one attached hydrogen (secondary N) is 1. The number of guanidine groups is 1. The van der Waals surface area contributed by atoms with E-state index in [4.69, 9.17) is 9.73 Å². The molecule has 0 radical (unpaired) electrons. The fourth-order valence-corrected chi connectivity index (χ4v) is 4.67. The van der Waals surface area contributed by atoms with Gasteiger partial charge in [0.05, 0.1) is 6.10 Å². The zero-order chi connectivity index (χ0) is 16.0. The quantitative estimate of drug-likeness (QED) is 0.674. The Bertz CT molecular complexity index is 625. The Morgan fingerprint density at radius 3 is 3.04 bits per heavy atom. The number of ether oxygens (including phenoxy) is 1. The zero-order valence-electron chi connectivity index (χ0n) is 14.4. The number of fused-ring (bicyclic) bond motifs is 2. The average Bonchev–Trinajstić information content (AvgIpc) is 3.17. The number of nitrogens with zero attached hydrogens (tertiary/aromatic N) is 2. The van der Waals surface area contributed by atoms with Crippen molar-refractivity contribution in [3.63, 3.8) is 0 Å². The van der Waals surface area contributed by atoms with Gasteiger partial charge < -0.3 is 15.0 Å². The first kappa shape index (κ1) is 15.0. The highest BCUT2D eigenvalue weighted by molar-refractivity contribution is 5.98. The number of hydrogen-bond donors (Lipinski definition) is 1. The third-order valence-electron chi connectivity index (χ3n) is 5.84. The lowest BCUT2D eigenvalue weighted by Crippen LogP contribution is -2.68. The summed E-state index contributed by atoms with van der Waals surface area (Å²) in [7, 11) is 0. The van der Waals surface area contributed by atoms with Crippen LogP contribution in [0.25, 0.3) is 0 Å². The first-order valence-electron chi connectivity index (χ1n) is 8.91. The molecule has 2 heterocycles. The molecule has 23 heavy (non-hydrogen) atoms. The monoisotopic (exact) mass is 313 g/mol. The zero-order valence-corrected chi connectivity index (χ0v) is 14.4. The van der Waals surface area contributed by atoms with Crippen LogP contribution in [0, 0.1) is 11.3 Å². The van der Waals surface area contributed by atoms with Gasteiger partial charge in [-0.05, 0) is 31.4 Å². The highest BCUT2D eigenvalue weighted by Crippen LogP contribution is 2.52. The minimum absolute atomic E-state index is 0.176. The molecule has 2 fully saturated rings. The second kappa shape index (κ2) is 5.52. The van der Waals surface area contributed by atoms with Crippen LogP contribution in [0.1, 0.15) is 32.8 Å². The van der Waals surface area contributed by atoms with E-state index in [1.807, 2.05) is 0 Å². The molecule has 1 aromatic rings. The van der Waals surface area contributed by atoms with Crippen molar-refractivity contribution < 1.29 is 4.74 Å². The van der Waals surface area contributed by atoms with E-state index in [9.17, 15) is 0 Å². The number of rotatable bonds is 2. The molecule has 4 nitrogen and oxygen atoms in total. The third-order valence-corrected chi connectivity index (χ3v) is 5.84. The van der Waals surface area contributed by atoms with Crippen LogP contribution in [-0.2, 0) is 11.2 Å². The number of aliphatic imine (C=N–C) groups is 1. The Morgan fingerprint density at radius 1 is 1.39 bits per heavy atom. The average molecular weight is 313 g/mol. The van der Waals surface area contributed by atoms with Crippen LogP contribution in [0.4, 0.5) is 5.69 Å². The number of benzene rings is 1. The predicted molar refractivity (Wildman–Crippen MR) is 94.0 cm³/mol. The molecule has 4 rings (SSSR count). The smallest absolute Gasteiger partial charge is 0.198 e. The highest BCUT2D eigenvalue weighted by Gasteiger charge is 2.59. The summed E-state index contributed by atoms with van der Waals surface area (Å²) in [5, 5.41) is 3.79. The second-order valence-electron chi connectivity index (χ2n) is 7.52. The summed E-state index contributed by atoms with van der Waals surface area (Å²) in [6, 6.07) is 9.14. The van der Waals surface area contributed by atoms with E-state index in [0.29, 0.717) is 18.1 Å². The summed E-state index contributed by atoms with van der Waals surface area (Å²) < 4.78 is 5.93. The van der Waals surface area contributed by atoms with Gasteiger partial charge in [-0.3, -0.25) is 4.99 Å². The second-order valence-corrected chi connectivity index (χ2v) is 7.52. The van der Waals surface area contributed by atoms with Crippen LogP contribution >= 0.6 is 0 Å². The van der Waals surface area contributed by atoms with Crippen molar-refractivity contribution in [1.29, 1.82) is 0 Å². The molecular formula is C19H27N3O. The van der Waals surface area contributed by atoms with Crippen LogP contribution < -0.4 is 10.2 Å². The molecular weight excluding hydrogens is 286 g/mol. The lowest BCUT2D eigenvalue weighted by Gasteiger charge is -2.55. The molecule has 1 saturated heterocycles. The maximum absolute atomic E-state index is 5.93. The van der Waals surface area contributed by atoms with Gasteiger partial charge >= 0.3 is 0 Å². The van der Waals surface area contributed by atoms with Gasteiger partial charge in [-0.25, -0.2) is 0 Å². The van der Waals surface area contributed by atoms with Crippen molar-refractivity contribution in [2.24, 2.45) is 16.3 Å². The first-order valence-corrected chi connectivity index (χ1v) is 8.91. The van der Waals surface area contributed by atoms with Crippen LogP contribution in [0.5, 0.6) is 0 Å². The van der Waals surface area contributed by atoms with Gasteiger partial charge in [0.25, 0.3) is 0 Å². The van der Waals surface area contributed by atoms with E-state index in [-0.39, 0.29) is 5.41 Å². The molecule has 1 saturated carbocycles. The summed E-state index contributed by atoms with van der Waals surface area (Å²) in [4.78, 5) is 7.16. The van der Waals surface area contributed by atoms with Crippen molar-refractivity contribution in [3.05, 3.63) is 29.8 Å². The summed E-state index contributed by atoms with van der Waals surface area (Å²) in [6.45, 7) is 9.47. The van der Waals surface area contributed by atoms with Crippen LogP contribution in [0.2, 0.25) is 0 Å². The molecule has 3 atom stereocenters. The van der Waals surface area contributed by atoms with Gasteiger partial charge in [-0.2, -0.15) is 0 Å². The Labute approximate surface area is 138 Å². The normalized spacial score (nSPS) is 31.5. The highest BCUT2D eigenvalue weighted by atomic mass is 16.5. The van der Waals surface area contributed by atoms with Gasteiger partial charge in [0.15, 0.2) is 5.96 Å². The molecule has 0 bridgehead atoms. The number of anilines is 1. The molecule has 124 valence electrons. The fraction of sp³-hybridized carbons (Fsp3) is 0.632. The molecule has 2 aliphatic heterocycles. The lowest BCUT2D eigenvalue weighted by atomic mass is 9.57. The Hall–Kier alpha value is -1.55. The van der Waals surface area contributed by atoms with E-state index in [1.54, 1.807) is 0 Å². The van der Waals surface area contributed by atoms with Crippen molar-refractivity contribution in [1.82, 2.24) is 5.32 Å². The van der Waals surface area contributed by atoms with Crippen molar-refractivity contribution in [2.45, 2.75) is 45.8 Å². The van der Waals surface area contributed by atoms with Crippen molar-refractivity contribution in [2.75, 3.05) is 24.6 Å². The maximum Gasteiger partial charge on any atom is 0.198 e. The Morgan fingerprint density at radius 2 is 2.22 bits per heavy atom. The van der Waals surface area contributed by atoms with Gasteiger partial charge in [-0.1, -0.05) is 32.0 Å². The molecule has 3 aliphatic rings.